The van der Waals surface area contributed by atoms with Crippen molar-refractivity contribution in [1.29, 1.82) is 0 Å². The summed E-state index contributed by atoms with van der Waals surface area (Å²) in [7, 11) is 0. The molecule has 0 aliphatic heterocycles. The third-order valence-corrected chi connectivity index (χ3v) is 12.2. The maximum Gasteiger partial charge on any atom is 0.326 e. The molecular weight excluding hydrogens is 1030 g/mol. The standard InChI is InChI=1S/C46H82N16O14S/c1-26(2)38(45(74)54-22-37(67)58-31(46(75)76)12-6-9-16-49)62-42(71)29(11-5-8-15-48)56-35(65)20-52-40(69)30(13-17-77-3)57-36(66)21-53-41(70)32(18-27-19-51-25-55-27)59-43(72)34(24-64)61-44(73)33(23-63)60-39(68)28(50)10-4-7-14-47/h19,25-26,28-34,38,63-64H,4-18,20-24,47-50H2,1-3H3,(H,51,55)(H,52,69)(H,53,70)(H,54,74)(H,56,65)(H,57,66)(H,58,67)(H,59,72)(H,60,68)(H,61,73)(H,62,71)(H,75,76)/t28-,29-,30-,31-,32-,33-,34-,38-/m0/s1. The number of carbonyl (C=O) groups is 11. The van der Waals surface area contributed by atoms with Crippen LogP contribution in [-0.2, 0) is 59.2 Å². The number of rotatable bonds is 41. The number of aromatic nitrogens is 2. The van der Waals surface area contributed by atoms with Gasteiger partial charge in [0.1, 0.15) is 42.3 Å². The average molecular weight is 1120 g/mol. The Balaban J connectivity index is 3.01. The summed E-state index contributed by atoms with van der Waals surface area (Å²) in [6.45, 7) is 0.456. The fourth-order valence-corrected chi connectivity index (χ4v) is 7.55. The van der Waals surface area contributed by atoms with Crippen LogP contribution in [0.1, 0.15) is 83.7 Å². The number of aliphatic hydroxyl groups is 2. The van der Waals surface area contributed by atoms with Crippen LogP contribution in [0.4, 0.5) is 0 Å². The first-order chi connectivity index (χ1) is 36.7. The van der Waals surface area contributed by atoms with E-state index in [9.17, 15) is 68.1 Å². The molecule has 0 aromatic carbocycles. The average Bonchev–Trinajstić information content (AvgIpc) is 3.92. The molecule has 10 amide bonds. The smallest absolute Gasteiger partial charge is 0.326 e. The van der Waals surface area contributed by atoms with Crippen LogP contribution in [0.5, 0.6) is 0 Å². The van der Waals surface area contributed by atoms with E-state index in [1.54, 1.807) is 20.1 Å². The van der Waals surface area contributed by atoms with Gasteiger partial charge in [-0.3, -0.25) is 47.9 Å². The molecule has 30 nitrogen and oxygen atoms in total. The van der Waals surface area contributed by atoms with Crippen LogP contribution in [0.25, 0.3) is 0 Å². The Kier molecular flexibility index (Phi) is 34.6. The third-order valence-electron chi connectivity index (χ3n) is 11.5. The number of carboxylic acid groups (broad SMARTS) is 1. The van der Waals surface area contributed by atoms with Crippen molar-refractivity contribution in [3.63, 3.8) is 0 Å². The van der Waals surface area contributed by atoms with Crippen LogP contribution < -0.4 is 76.1 Å². The molecule has 0 spiro atoms. The Bertz CT molecular complexity index is 2040. The lowest BCUT2D eigenvalue weighted by Crippen LogP contribution is -2.60. The third kappa shape index (κ3) is 27.9. The Morgan fingerprint density at radius 1 is 0.545 bits per heavy atom. The van der Waals surface area contributed by atoms with Gasteiger partial charge in [-0.25, -0.2) is 9.78 Å². The molecule has 0 fully saturated rings. The molecule has 1 aromatic heterocycles. The van der Waals surface area contributed by atoms with Crippen LogP contribution in [0, 0.1) is 5.92 Å². The van der Waals surface area contributed by atoms with Gasteiger partial charge in [0.05, 0.1) is 45.2 Å². The molecule has 0 aliphatic carbocycles. The predicted molar refractivity (Wildman–Crippen MR) is 281 cm³/mol. The molecule has 1 aromatic rings. The van der Waals surface area contributed by atoms with E-state index in [0.29, 0.717) is 63.1 Å². The van der Waals surface area contributed by atoms with Crippen molar-refractivity contribution in [2.45, 2.75) is 133 Å². The van der Waals surface area contributed by atoms with Gasteiger partial charge in [0, 0.05) is 18.3 Å². The summed E-state index contributed by atoms with van der Waals surface area (Å²) in [5.41, 5.74) is 22.8. The van der Waals surface area contributed by atoms with Crippen molar-refractivity contribution in [2.24, 2.45) is 28.9 Å². The monoisotopic (exact) mass is 1110 g/mol. The van der Waals surface area contributed by atoms with Gasteiger partial charge in [0.2, 0.25) is 59.1 Å². The molecule has 436 valence electrons. The molecule has 0 saturated heterocycles. The summed E-state index contributed by atoms with van der Waals surface area (Å²) in [6, 6.07) is -10.5. The van der Waals surface area contributed by atoms with Crippen molar-refractivity contribution in [3.8, 4) is 0 Å². The second kappa shape index (κ2) is 38.9. The van der Waals surface area contributed by atoms with E-state index < -0.39 is 152 Å². The number of hydrogen-bond acceptors (Lipinski definition) is 19. The highest BCUT2D eigenvalue weighted by molar-refractivity contribution is 7.98. The maximum absolute atomic E-state index is 13.6. The summed E-state index contributed by atoms with van der Waals surface area (Å²) in [4.78, 5) is 150. The molecular formula is C46H82N16O14S. The van der Waals surface area contributed by atoms with Gasteiger partial charge in [0.15, 0.2) is 0 Å². The second-order valence-corrected chi connectivity index (χ2v) is 19.1. The largest absolute Gasteiger partial charge is 0.480 e. The van der Waals surface area contributed by atoms with Gasteiger partial charge in [-0.1, -0.05) is 20.3 Å². The highest BCUT2D eigenvalue weighted by atomic mass is 32.2. The SMILES string of the molecule is CSCC[C@H](NC(=O)CNC(=O)[C@H](Cc1cnc[nH]1)NC(=O)[C@H](CO)NC(=O)[C@H](CO)NC(=O)[C@@H](N)CCCCN)C(=O)NCC(=O)N[C@@H](CCCCN)C(=O)N[C@H](C(=O)NCC(=O)N[C@@H](CCCCN)C(=O)O)C(C)C. The fourth-order valence-electron chi connectivity index (χ4n) is 7.08. The molecule has 0 unspecified atom stereocenters. The van der Waals surface area contributed by atoms with Gasteiger partial charge in [-0.05, 0) is 95.3 Å². The lowest BCUT2D eigenvalue weighted by atomic mass is 10.0. The Hall–Kier alpha value is -6.51. The number of aliphatic hydroxyl groups excluding tert-OH is 2. The van der Waals surface area contributed by atoms with Gasteiger partial charge in [-0.2, -0.15) is 11.8 Å². The highest BCUT2D eigenvalue weighted by Gasteiger charge is 2.33. The number of unbranched alkanes of at least 4 members (excludes halogenated alkanes) is 3. The number of carboxylic acids is 1. The summed E-state index contributed by atoms with van der Waals surface area (Å²) >= 11 is 1.35. The molecule has 0 bridgehead atoms. The van der Waals surface area contributed by atoms with Crippen LogP contribution in [-0.4, -0.2) is 203 Å². The first-order valence-corrected chi connectivity index (χ1v) is 26.7. The summed E-state index contributed by atoms with van der Waals surface area (Å²) in [5, 5.41) is 53.4. The number of aliphatic carboxylic acids is 1. The molecule has 77 heavy (non-hydrogen) atoms. The fraction of sp³-hybridized carbons (Fsp3) is 0.696. The number of H-pyrrole nitrogens is 1. The number of nitrogens with two attached hydrogens (primary N) is 4. The van der Waals surface area contributed by atoms with Crippen LogP contribution >= 0.6 is 11.8 Å². The lowest BCUT2D eigenvalue weighted by molar-refractivity contribution is -0.142. The van der Waals surface area contributed by atoms with Crippen molar-refractivity contribution in [3.05, 3.63) is 18.2 Å². The van der Waals surface area contributed by atoms with E-state index in [0.717, 1.165) is 0 Å². The van der Waals surface area contributed by atoms with Gasteiger partial charge in [0.25, 0.3) is 0 Å². The molecule has 31 heteroatoms. The molecule has 0 saturated carbocycles. The Labute approximate surface area is 451 Å². The molecule has 8 atom stereocenters. The number of imidazole rings is 1. The van der Waals surface area contributed by atoms with E-state index >= 15 is 0 Å². The predicted octanol–water partition coefficient (Wildman–Crippen LogP) is -7.11. The molecule has 1 rings (SSSR count). The van der Waals surface area contributed by atoms with Crippen LogP contribution in [0.2, 0.25) is 0 Å². The first-order valence-electron chi connectivity index (χ1n) is 25.4. The van der Waals surface area contributed by atoms with E-state index in [2.05, 4.69) is 63.1 Å². The number of nitrogens with one attached hydrogen (secondary N) is 11. The van der Waals surface area contributed by atoms with Crippen LogP contribution in [0.15, 0.2) is 12.5 Å². The first kappa shape index (κ1) is 68.5. The normalized spacial score (nSPS) is 14.2. The number of amides is 10. The van der Waals surface area contributed by atoms with Crippen molar-refractivity contribution < 1.29 is 68.1 Å². The maximum atomic E-state index is 13.6. The lowest BCUT2D eigenvalue weighted by Gasteiger charge is -2.25. The number of hydrogen-bond donors (Lipinski definition) is 18. The zero-order valence-electron chi connectivity index (χ0n) is 44.0. The number of carbonyl (C=O) groups excluding carboxylic acids is 10. The Morgan fingerprint density at radius 3 is 1.43 bits per heavy atom. The van der Waals surface area contributed by atoms with Gasteiger partial charge < -0.3 is 96.4 Å². The van der Waals surface area contributed by atoms with E-state index in [4.69, 9.17) is 22.9 Å². The van der Waals surface area contributed by atoms with Crippen molar-refractivity contribution in [1.82, 2.24) is 63.1 Å². The molecule has 0 aliphatic rings. The van der Waals surface area contributed by atoms with E-state index in [1.165, 1.54) is 24.3 Å². The summed E-state index contributed by atoms with van der Waals surface area (Å²) in [5.74, 6) is -9.90. The second-order valence-electron chi connectivity index (χ2n) is 18.2. The zero-order chi connectivity index (χ0) is 57.9. The minimum atomic E-state index is -1.69. The summed E-state index contributed by atoms with van der Waals surface area (Å²) < 4.78 is 0. The van der Waals surface area contributed by atoms with Gasteiger partial charge in [-0.15, -0.1) is 0 Å². The highest BCUT2D eigenvalue weighted by Crippen LogP contribution is 2.08. The number of aromatic amines is 1. The molecule has 0 radical (unpaired) electrons. The minimum Gasteiger partial charge on any atom is -0.480 e. The van der Waals surface area contributed by atoms with E-state index in [1.807, 2.05) is 0 Å². The number of nitrogens with zero attached hydrogens (tertiary/aromatic N) is 1. The van der Waals surface area contributed by atoms with Gasteiger partial charge >= 0.3 is 5.97 Å². The quantitative estimate of drug-likeness (QED) is 0.0271. The van der Waals surface area contributed by atoms with E-state index in [-0.39, 0.29) is 38.6 Å². The molecule has 1 heterocycles. The van der Waals surface area contributed by atoms with Crippen molar-refractivity contribution >= 4 is 76.8 Å². The number of thioether (sulfide) groups is 1. The Morgan fingerprint density at radius 2 is 0.974 bits per heavy atom. The van der Waals surface area contributed by atoms with Crippen LogP contribution in [0.3, 0.4) is 0 Å². The minimum absolute atomic E-state index is 0.0723. The topological polar surface area (TPSA) is 502 Å². The summed E-state index contributed by atoms with van der Waals surface area (Å²) in [6.07, 6.45) is 7.75. The van der Waals surface area contributed by atoms with Crippen molar-refractivity contribution in [2.75, 3.05) is 64.5 Å². The zero-order valence-corrected chi connectivity index (χ0v) is 44.8. The molecule has 22 N–H and O–H groups in total.